The highest BCUT2D eigenvalue weighted by Gasteiger charge is 2.13. The zero-order valence-electron chi connectivity index (χ0n) is 5.59. The Labute approximate surface area is 88.0 Å². The fourth-order valence-electron chi connectivity index (χ4n) is 0.673. The lowest BCUT2D eigenvalue weighted by Crippen LogP contribution is -1.91. The molecule has 0 aliphatic carbocycles. The molecule has 0 spiro atoms. The number of halogens is 3. The SMILES string of the molecule is O=S(=O)(Cl)c1ccc(Cl)cc1Br. The lowest BCUT2D eigenvalue weighted by molar-refractivity contribution is 0.609. The van der Waals surface area contributed by atoms with E-state index in [1.165, 1.54) is 18.2 Å². The molecule has 1 aromatic carbocycles. The summed E-state index contributed by atoms with van der Waals surface area (Å²) in [5.41, 5.74) is 0. The second-order valence-corrected chi connectivity index (χ2v) is 5.84. The molecule has 0 fully saturated rings. The predicted octanol–water partition coefficient (Wildman–Crippen LogP) is 3.03. The zero-order chi connectivity index (χ0) is 9.35. The predicted molar refractivity (Wildman–Crippen MR) is 52.2 cm³/mol. The van der Waals surface area contributed by atoms with Crippen molar-refractivity contribution in [2.24, 2.45) is 0 Å². The molecule has 0 unspecified atom stereocenters. The quantitative estimate of drug-likeness (QED) is 0.745. The van der Waals surface area contributed by atoms with Crippen molar-refractivity contribution in [3.8, 4) is 0 Å². The molecule has 0 N–H and O–H groups in total. The minimum atomic E-state index is -3.68. The first-order chi connectivity index (χ1) is 5.41. The Morgan fingerprint density at radius 1 is 1.33 bits per heavy atom. The average Bonchev–Trinajstić information content (AvgIpc) is 1.83. The maximum Gasteiger partial charge on any atom is 0.262 e. The number of hydrogen-bond donors (Lipinski definition) is 0. The molecular formula is C6H3BrCl2O2S. The molecule has 0 saturated heterocycles. The van der Waals surface area contributed by atoms with E-state index in [4.69, 9.17) is 22.3 Å². The van der Waals surface area contributed by atoms with Crippen LogP contribution in [-0.2, 0) is 9.05 Å². The Bertz CT molecular complexity index is 402. The van der Waals surface area contributed by atoms with E-state index in [0.717, 1.165) is 0 Å². The Morgan fingerprint density at radius 2 is 1.92 bits per heavy atom. The molecule has 12 heavy (non-hydrogen) atoms. The van der Waals surface area contributed by atoms with E-state index in [-0.39, 0.29) is 4.90 Å². The topological polar surface area (TPSA) is 34.1 Å². The standard InChI is InChI=1S/C6H3BrCl2O2S/c7-5-3-4(8)1-2-6(5)12(9,10)11/h1-3H. The normalized spacial score (nSPS) is 11.6. The van der Waals surface area contributed by atoms with Crippen LogP contribution >= 0.6 is 38.2 Å². The van der Waals surface area contributed by atoms with Crippen LogP contribution in [0.2, 0.25) is 5.02 Å². The average molecular weight is 290 g/mol. The van der Waals surface area contributed by atoms with Gasteiger partial charge in [0.2, 0.25) is 0 Å². The van der Waals surface area contributed by atoms with Crippen LogP contribution in [0.1, 0.15) is 0 Å². The zero-order valence-corrected chi connectivity index (χ0v) is 9.51. The van der Waals surface area contributed by atoms with Crippen molar-refractivity contribution in [2.45, 2.75) is 4.90 Å². The van der Waals surface area contributed by atoms with E-state index < -0.39 is 9.05 Å². The molecule has 2 nitrogen and oxygen atoms in total. The second-order valence-electron chi connectivity index (χ2n) is 2.01. The lowest BCUT2D eigenvalue weighted by atomic mass is 10.4. The van der Waals surface area contributed by atoms with Crippen molar-refractivity contribution in [1.29, 1.82) is 0 Å². The van der Waals surface area contributed by atoms with E-state index in [1.807, 2.05) is 0 Å². The summed E-state index contributed by atoms with van der Waals surface area (Å²) in [5.74, 6) is 0. The van der Waals surface area contributed by atoms with Crippen LogP contribution in [0.3, 0.4) is 0 Å². The van der Waals surface area contributed by atoms with E-state index >= 15 is 0 Å². The van der Waals surface area contributed by atoms with E-state index in [9.17, 15) is 8.42 Å². The molecule has 6 heteroatoms. The van der Waals surface area contributed by atoms with E-state index in [0.29, 0.717) is 9.50 Å². The summed E-state index contributed by atoms with van der Waals surface area (Å²) < 4.78 is 22.1. The van der Waals surface area contributed by atoms with Crippen LogP contribution in [0.25, 0.3) is 0 Å². The first-order valence-corrected chi connectivity index (χ1v) is 6.29. The molecule has 0 heterocycles. The summed E-state index contributed by atoms with van der Waals surface area (Å²) in [6, 6.07) is 4.27. The third-order valence-electron chi connectivity index (χ3n) is 1.16. The van der Waals surface area contributed by atoms with Gasteiger partial charge in [0.05, 0.1) is 4.90 Å². The molecular weight excluding hydrogens is 287 g/mol. The first-order valence-electron chi connectivity index (χ1n) is 2.81. The number of rotatable bonds is 1. The summed E-state index contributed by atoms with van der Waals surface area (Å²) in [7, 11) is 1.43. The molecule has 0 bridgehead atoms. The summed E-state index contributed by atoms with van der Waals surface area (Å²) in [4.78, 5) is 0.0218. The molecule has 0 aliphatic heterocycles. The molecule has 0 aliphatic rings. The fourth-order valence-corrected chi connectivity index (χ4v) is 3.20. The van der Waals surface area contributed by atoms with Crippen LogP contribution in [0.4, 0.5) is 0 Å². The highest BCUT2D eigenvalue weighted by Crippen LogP contribution is 2.27. The van der Waals surface area contributed by atoms with Crippen molar-refractivity contribution in [3.63, 3.8) is 0 Å². The van der Waals surface area contributed by atoms with Gasteiger partial charge in [0, 0.05) is 20.2 Å². The summed E-state index contributed by atoms with van der Waals surface area (Å²) in [6.45, 7) is 0. The number of benzene rings is 1. The van der Waals surface area contributed by atoms with Crippen molar-refractivity contribution >= 4 is 47.3 Å². The highest BCUT2D eigenvalue weighted by molar-refractivity contribution is 9.10. The van der Waals surface area contributed by atoms with Gasteiger partial charge in [0.1, 0.15) is 0 Å². The summed E-state index contributed by atoms with van der Waals surface area (Å²) in [6.07, 6.45) is 0. The third-order valence-corrected chi connectivity index (χ3v) is 3.69. The van der Waals surface area contributed by atoms with Crippen LogP contribution < -0.4 is 0 Å². The van der Waals surface area contributed by atoms with Gasteiger partial charge >= 0.3 is 0 Å². The van der Waals surface area contributed by atoms with Crippen LogP contribution in [0.15, 0.2) is 27.6 Å². The molecule has 1 aromatic rings. The van der Waals surface area contributed by atoms with Crippen LogP contribution in [0.5, 0.6) is 0 Å². The molecule has 0 amide bonds. The Hall–Kier alpha value is 0.230. The molecule has 0 aromatic heterocycles. The second kappa shape index (κ2) is 3.54. The van der Waals surface area contributed by atoms with E-state index in [1.54, 1.807) is 0 Å². The summed E-state index contributed by atoms with van der Waals surface area (Å²) in [5, 5.41) is 0.450. The molecule has 0 saturated carbocycles. The fraction of sp³-hybridized carbons (Fsp3) is 0. The van der Waals surface area contributed by atoms with Gasteiger partial charge in [-0.25, -0.2) is 8.42 Å². The lowest BCUT2D eigenvalue weighted by Gasteiger charge is -1.99. The number of hydrogen-bond acceptors (Lipinski definition) is 2. The Morgan fingerprint density at radius 3 is 2.33 bits per heavy atom. The van der Waals surface area contributed by atoms with Crippen molar-refractivity contribution in [1.82, 2.24) is 0 Å². The minimum absolute atomic E-state index is 0.0218. The van der Waals surface area contributed by atoms with Gasteiger partial charge in [0.25, 0.3) is 9.05 Å². The van der Waals surface area contributed by atoms with Crippen molar-refractivity contribution in [3.05, 3.63) is 27.7 Å². The molecule has 0 atom stereocenters. The van der Waals surface area contributed by atoms with Gasteiger partial charge in [0.15, 0.2) is 0 Å². The molecule has 1 rings (SSSR count). The van der Waals surface area contributed by atoms with Crippen molar-refractivity contribution < 1.29 is 8.42 Å². The van der Waals surface area contributed by atoms with Gasteiger partial charge < -0.3 is 0 Å². The van der Waals surface area contributed by atoms with Gasteiger partial charge in [-0.2, -0.15) is 0 Å². The van der Waals surface area contributed by atoms with Gasteiger partial charge in [-0.3, -0.25) is 0 Å². The minimum Gasteiger partial charge on any atom is -0.207 e. The first kappa shape index (κ1) is 10.3. The molecule has 66 valence electrons. The monoisotopic (exact) mass is 288 g/mol. The van der Waals surface area contributed by atoms with Crippen molar-refractivity contribution in [2.75, 3.05) is 0 Å². The third kappa shape index (κ3) is 2.36. The van der Waals surface area contributed by atoms with Gasteiger partial charge in [-0.15, -0.1) is 0 Å². The van der Waals surface area contributed by atoms with Crippen LogP contribution in [0, 0.1) is 0 Å². The van der Waals surface area contributed by atoms with Gasteiger partial charge in [-0.1, -0.05) is 11.6 Å². The Kier molecular flexibility index (Phi) is 3.04. The smallest absolute Gasteiger partial charge is 0.207 e. The van der Waals surface area contributed by atoms with Crippen LogP contribution in [-0.4, -0.2) is 8.42 Å². The largest absolute Gasteiger partial charge is 0.262 e. The maximum absolute atomic E-state index is 10.9. The maximum atomic E-state index is 10.9. The van der Waals surface area contributed by atoms with Gasteiger partial charge in [-0.05, 0) is 34.1 Å². The highest BCUT2D eigenvalue weighted by atomic mass is 79.9. The summed E-state index contributed by atoms with van der Waals surface area (Å²) >= 11 is 8.63. The Balaban J connectivity index is 3.39. The molecule has 0 radical (unpaired) electrons. The van der Waals surface area contributed by atoms with E-state index in [2.05, 4.69) is 15.9 Å².